The molecule has 3 heterocycles. The van der Waals surface area contributed by atoms with E-state index in [4.69, 9.17) is 33.1 Å². The van der Waals surface area contributed by atoms with Crippen molar-refractivity contribution in [2.75, 3.05) is 14.2 Å². The molecule has 0 saturated carbocycles. The first-order chi connectivity index (χ1) is 35.6. The van der Waals surface area contributed by atoms with Crippen molar-refractivity contribution in [2.45, 2.75) is 13.2 Å². The summed E-state index contributed by atoms with van der Waals surface area (Å²) in [4.78, 5) is 37.9. The summed E-state index contributed by atoms with van der Waals surface area (Å²) in [5, 5.41) is 71.6. The number of rotatable bonds is 7. The molecule has 6 aromatic carbocycles. The average molecular weight is 1310 g/mol. The number of phenolic OH excluding ortho intramolecular Hbond substituents is 2. The Morgan fingerprint density at radius 2 is 0.827 bits per heavy atom. The van der Waals surface area contributed by atoms with Gasteiger partial charge in [-0.25, -0.2) is 0 Å². The molecule has 372 valence electrons. The molecule has 0 amide bonds. The van der Waals surface area contributed by atoms with Gasteiger partial charge < -0.3 is 53.6 Å². The van der Waals surface area contributed by atoms with Crippen LogP contribution >= 0.6 is 63.2 Å². The Morgan fingerprint density at radius 1 is 0.507 bits per heavy atom. The fourth-order valence-corrected chi connectivity index (χ4v) is 7.65. The maximum atomic E-state index is 12.7. The number of nitriles is 2. The number of methoxy groups -OCH3 is 2. The molecule has 0 aliphatic rings. The Hall–Kier alpha value is -7.36. The smallest absolute Gasteiger partial charge is 0.512 e. The third-order valence-electron chi connectivity index (χ3n) is 10.6. The molecule has 0 aliphatic carbocycles. The molecule has 0 spiro atoms. The van der Waals surface area contributed by atoms with E-state index in [0.717, 1.165) is 26.9 Å². The van der Waals surface area contributed by atoms with Crippen molar-refractivity contribution in [1.29, 1.82) is 21.0 Å². The van der Waals surface area contributed by atoms with E-state index in [1.165, 1.54) is 51.9 Å². The summed E-state index contributed by atoms with van der Waals surface area (Å²) in [6, 6.07) is 39.2. The van der Waals surface area contributed by atoms with Crippen molar-refractivity contribution in [2.24, 2.45) is 0 Å². The molecule has 0 fully saturated rings. The first-order valence-corrected chi connectivity index (χ1v) is 24.6. The number of aliphatic hydroxyl groups excluding tert-OH is 2. The van der Waals surface area contributed by atoms with Crippen LogP contribution in [0.1, 0.15) is 22.3 Å². The van der Waals surface area contributed by atoms with Crippen molar-refractivity contribution in [3.05, 3.63) is 217 Å². The number of phenols is 2. The molecule has 0 saturated heterocycles. The monoisotopic (exact) mass is 1310 g/mol. The summed E-state index contributed by atoms with van der Waals surface area (Å²) in [7, 11) is 3.18. The van der Waals surface area contributed by atoms with Gasteiger partial charge in [0.25, 0.3) is 16.7 Å². The maximum absolute atomic E-state index is 12.7. The van der Waals surface area contributed by atoms with Crippen LogP contribution in [0.2, 0.25) is 0 Å². The van der Waals surface area contributed by atoms with E-state index >= 15 is 0 Å². The zero-order chi connectivity index (χ0) is 54.6. The molecule has 75 heavy (non-hydrogen) atoms. The molecule has 9 rings (SSSR count). The molecule has 22 heteroatoms. The summed E-state index contributed by atoms with van der Waals surface area (Å²) >= 11 is 12.8. The van der Waals surface area contributed by atoms with Crippen LogP contribution in [0.3, 0.4) is 0 Å². The first kappa shape index (κ1) is 61.9. The van der Waals surface area contributed by atoms with Gasteiger partial charge in [0.2, 0.25) is 0 Å². The van der Waals surface area contributed by atoms with Crippen LogP contribution in [0, 0.1) is 46.3 Å². The van der Waals surface area contributed by atoms with E-state index in [2.05, 4.69) is 69.3 Å². The number of ether oxygens (including phenoxy) is 2. The molecule has 3 aromatic heterocycles. The standard InChI is InChI=1S/C18H14N2O3.C17H14BrNO3.C16H10N2O3.2CN.BBr3.Zn/c1-23-15-5-3-14(4-6-15)20-10-13(9-19)17-8-12(11-21)2-7-16(17)18(20)22;1-22-13-5-3-12(4-6-13)19-9-16(18)15-8-11(10-20)2-7-14(15)17(19)21;17-8-10-9-18(11-1-3-12(19)4-2-11)16(21)14-6-5-13(20)7-15(10)14;2*1-2;2-1(3)4;/h2-8,10,21H,11H2,1H3;2-9,20H,10H2,1H3;1-7,9,19-20H;;;;/q;;;2*-1;;+2. The van der Waals surface area contributed by atoms with Gasteiger partial charge in [0.15, 0.2) is 0 Å². The number of fused-ring (bicyclic) bond motifs is 3. The van der Waals surface area contributed by atoms with Gasteiger partial charge in [-0.2, -0.15) is 10.5 Å². The number of pyridine rings is 3. The number of halogens is 4. The molecular weight excluding hydrogens is 1270 g/mol. The number of aliphatic hydroxyl groups is 2. The minimum Gasteiger partial charge on any atom is -0.512 e. The quantitative estimate of drug-likeness (QED) is 0.0856. The molecule has 0 atom stereocenters. The summed E-state index contributed by atoms with van der Waals surface area (Å²) in [5.74, 6) is 1.53. The molecule has 9 aromatic rings. The minimum absolute atomic E-state index is 0. The number of aromatic nitrogens is 3. The van der Waals surface area contributed by atoms with Crippen LogP contribution in [0.5, 0.6) is 23.0 Å². The van der Waals surface area contributed by atoms with Crippen molar-refractivity contribution in [1.82, 2.24) is 13.7 Å². The second-order valence-electron chi connectivity index (χ2n) is 14.8. The first-order valence-electron chi connectivity index (χ1n) is 21.0. The normalized spacial score (nSPS) is 9.73. The molecular formula is C53H38BBr4N7O9Zn. The minimum atomic E-state index is -0.297. The summed E-state index contributed by atoms with van der Waals surface area (Å²) < 4.78 is 15.7. The predicted molar refractivity (Wildman–Crippen MR) is 297 cm³/mol. The summed E-state index contributed by atoms with van der Waals surface area (Å²) in [6.45, 7) is 9.31. The fourth-order valence-electron chi connectivity index (χ4n) is 7.11. The zero-order valence-corrected chi connectivity index (χ0v) is 48.8. The zero-order valence-electron chi connectivity index (χ0n) is 39.5. The maximum Gasteiger partial charge on any atom is 2.00 e. The molecule has 0 radical (unpaired) electrons. The van der Waals surface area contributed by atoms with Gasteiger partial charge >= 0.3 is 22.7 Å². The summed E-state index contributed by atoms with van der Waals surface area (Å²) in [6.07, 6.45) is 4.69. The van der Waals surface area contributed by atoms with Gasteiger partial charge in [-0.1, -0.05) is 12.1 Å². The Morgan fingerprint density at radius 3 is 1.20 bits per heavy atom. The molecule has 0 aliphatic heterocycles. The molecule has 0 bridgehead atoms. The third-order valence-corrected chi connectivity index (χ3v) is 11.2. The van der Waals surface area contributed by atoms with Gasteiger partial charge in [0.1, 0.15) is 35.1 Å². The van der Waals surface area contributed by atoms with Gasteiger partial charge in [-0.15, -0.1) is 47.3 Å². The van der Waals surface area contributed by atoms with Crippen LogP contribution in [-0.4, -0.2) is 51.5 Å². The number of aromatic hydroxyl groups is 2. The molecule has 0 unspecified atom stereocenters. The van der Waals surface area contributed by atoms with Crippen molar-refractivity contribution >= 4 is 98.7 Å². The van der Waals surface area contributed by atoms with Crippen LogP contribution in [0.4, 0.5) is 0 Å². The van der Waals surface area contributed by atoms with Crippen molar-refractivity contribution in [3.63, 3.8) is 0 Å². The second-order valence-corrected chi connectivity index (χ2v) is 22.1. The van der Waals surface area contributed by atoms with E-state index in [1.54, 1.807) is 91.7 Å². The topological polar surface area (TPSA) is 261 Å². The number of hydrogen-bond acceptors (Lipinski definition) is 13. The van der Waals surface area contributed by atoms with Gasteiger partial charge in [-0.05, 0) is 142 Å². The van der Waals surface area contributed by atoms with Crippen LogP contribution in [0.15, 0.2) is 165 Å². The second kappa shape index (κ2) is 30.1. The Balaban J connectivity index is 0.000000275. The fraction of sp³-hybridized carbons (Fsp3) is 0.0755. The number of benzene rings is 6. The van der Waals surface area contributed by atoms with Crippen LogP contribution in [0.25, 0.3) is 49.4 Å². The molecule has 16 nitrogen and oxygen atoms in total. The predicted octanol–water partition coefficient (Wildman–Crippen LogP) is 10.2. The van der Waals surface area contributed by atoms with Crippen molar-refractivity contribution < 1.29 is 49.4 Å². The van der Waals surface area contributed by atoms with Gasteiger partial charge in [-0.3, -0.25) is 28.1 Å². The third kappa shape index (κ3) is 15.6. The van der Waals surface area contributed by atoms with Crippen LogP contribution in [-0.2, 0) is 32.7 Å². The van der Waals surface area contributed by atoms with Crippen molar-refractivity contribution in [3.8, 4) is 52.2 Å². The SMILES string of the molecule is BrB(Br)Br.COc1ccc(-n2cc(Br)c3cc(CO)ccc3c2=O)cc1.COc1ccc(-n2cc(C#N)c3cc(CO)ccc3c2=O)cc1.N#Cc1cn(-c2ccc(O)cc2)c(=O)c2ccc(O)cc12.[C-]#N.[C-]#N.[Zn+2]. The number of nitrogens with zero attached hydrogens (tertiary/aromatic N) is 7. The van der Waals surface area contributed by atoms with E-state index in [0.29, 0.717) is 55.2 Å². The summed E-state index contributed by atoms with van der Waals surface area (Å²) in [5.41, 5.74) is 3.45. The Kier molecular flexibility index (Phi) is 24.9. The van der Waals surface area contributed by atoms with E-state index in [1.807, 2.05) is 36.4 Å². The van der Waals surface area contributed by atoms with E-state index in [-0.39, 0.29) is 69.6 Å². The van der Waals surface area contributed by atoms with E-state index in [9.17, 15) is 45.3 Å². The van der Waals surface area contributed by atoms with Gasteiger partial charge in [0, 0.05) is 72.4 Å². The Bertz CT molecular complexity index is 3720. The average Bonchev–Trinajstić information content (AvgIpc) is 3.43. The Labute approximate surface area is 475 Å². The molecule has 4 N–H and O–H groups in total. The van der Waals surface area contributed by atoms with Gasteiger partial charge in [0.05, 0.1) is 38.6 Å². The number of hydrogen-bond donors (Lipinski definition) is 4. The van der Waals surface area contributed by atoms with Crippen LogP contribution < -0.4 is 26.2 Å². The largest absolute Gasteiger partial charge is 2.00 e. The van der Waals surface area contributed by atoms with E-state index < -0.39 is 0 Å².